The number of nitrogens with two attached hydrogens (primary N) is 1. The van der Waals surface area contributed by atoms with Gasteiger partial charge in [-0.15, -0.1) is 0 Å². The van der Waals surface area contributed by atoms with Gasteiger partial charge in [0.25, 0.3) is 0 Å². The van der Waals surface area contributed by atoms with Crippen molar-refractivity contribution >= 4 is 23.1 Å². The van der Waals surface area contributed by atoms with Crippen LogP contribution in [0, 0.1) is 11.6 Å². The van der Waals surface area contributed by atoms with Gasteiger partial charge in [-0.1, -0.05) is 17.7 Å². The molecule has 0 aliphatic rings. The Labute approximate surface area is 107 Å². The first-order chi connectivity index (χ1) is 8.50. The summed E-state index contributed by atoms with van der Waals surface area (Å²) in [5.41, 5.74) is 5.58. The second kappa shape index (κ2) is 4.74. The number of nitrogen functional groups attached to an aromatic ring is 1. The Bertz CT molecular complexity index is 628. The molecule has 5 heteroatoms. The Morgan fingerprint density at radius 1 is 1.17 bits per heavy atom. The predicted molar refractivity (Wildman–Crippen MR) is 65.7 cm³/mol. The molecule has 0 atom stereocenters. The Morgan fingerprint density at radius 2 is 1.89 bits per heavy atom. The van der Waals surface area contributed by atoms with Gasteiger partial charge in [-0.05, 0) is 30.3 Å². The van der Waals surface area contributed by atoms with Crippen LogP contribution in [0.5, 0.6) is 0 Å². The van der Waals surface area contributed by atoms with Gasteiger partial charge in [-0.25, -0.2) is 8.78 Å². The van der Waals surface area contributed by atoms with Crippen LogP contribution in [-0.2, 0) is 0 Å². The summed E-state index contributed by atoms with van der Waals surface area (Å²) >= 11 is 5.72. The van der Waals surface area contributed by atoms with E-state index < -0.39 is 17.4 Å². The van der Waals surface area contributed by atoms with Crippen LogP contribution < -0.4 is 5.73 Å². The molecule has 0 aromatic heterocycles. The molecule has 2 aromatic carbocycles. The van der Waals surface area contributed by atoms with Crippen LogP contribution in [0.1, 0.15) is 15.9 Å². The normalized spacial score (nSPS) is 10.4. The van der Waals surface area contributed by atoms with Crippen molar-refractivity contribution in [2.24, 2.45) is 0 Å². The number of anilines is 1. The number of carbonyl (C=O) groups excluding carboxylic acids is 1. The molecule has 0 saturated heterocycles. The molecule has 0 spiro atoms. The van der Waals surface area contributed by atoms with Gasteiger partial charge in [0.15, 0.2) is 17.4 Å². The maximum Gasteiger partial charge on any atom is 0.196 e. The number of rotatable bonds is 2. The Morgan fingerprint density at radius 3 is 2.56 bits per heavy atom. The highest BCUT2D eigenvalue weighted by Crippen LogP contribution is 2.22. The molecule has 0 unspecified atom stereocenters. The van der Waals surface area contributed by atoms with Crippen molar-refractivity contribution < 1.29 is 13.6 Å². The number of halogens is 3. The lowest BCUT2D eigenvalue weighted by atomic mass is 10.0. The minimum absolute atomic E-state index is 0.154. The lowest BCUT2D eigenvalue weighted by molar-refractivity contribution is 0.103. The monoisotopic (exact) mass is 267 g/mol. The maximum absolute atomic E-state index is 13.5. The van der Waals surface area contributed by atoms with Crippen LogP contribution in [-0.4, -0.2) is 5.78 Å². The van der Waals surface area contributed by atoms with Crippen molar-refractivity contribution in [3.05, 3.63) is 64.2 Å². The zero-order chi connectivity index (χ0) is 13.3. The van der Waals surface area contributed by atoms with Gasteiger partial charge in [-0.2, -0.15) is 0 Å². The molecular weight excluding hydrogens is 260 g/mol. The van der Waals surface area contributed by atoms with Crippen molar-refractivity contribution in [2.75, 3.05) is 5.73 Å². The Balaban J connectivity index is 2.48. The van der Waals surface area contributed by atoms with Crippen LogP contribution in [0.4, 0.5) is 14.5 Å². The van der Waals surface area contributed by atoms with E-state index in [2.05, 4.69) is 0 Å². The third-order valence-electron chi connectivity index (χ3n) is 2.45. The third kappa shape index (κ3) is 2.19. The summed E-state index contributed by atoms with van der Waals surface area (Å²) in [6, 6.07) is 7.60. The molecular formula is C13H8ClF2NO. The van der Waals surface area contributed by atoms with Crippen LogP contribution in [0.15, 0.2) is 36.4 Å². The molecule has 0 radical (unpaired) electrons. The summed E-state index contributed by atoms with van der Waals surface area (Å²) in [7, 11) is 0. The van der Waals surface area contributed by atoms with Gasteiger partial charge in [0.2, 0.25) is 0 Å². The first-order valence-electron chi connectivity index (χ1n) is 5.04. The third-order valence-corrected chi connectivity index (χ3v) is 2.80. The van der Waals surface area contributed by atoms with Crippen LogP contribution >= 0.6 is 11.6 Å². The van der Waals surface area contributed by atoms with Gasteiger partial charge in [0.1, 0.15) is 0 Å². The van der Waals surface area contributed by atoms with E-state index in [1.165, 1.54) is 30.3 Å². The Hall–Kier alpha value is -1.94. The smallest absolute Gasteiger partial charge is 0.196 e. The SMILES string of the molecule is Nc1cc(C(=O)c2cccc(F)c2F)ccc1Cl. The highest BCUT2D eigenvalue weighted by molar-refractivity contribution is 6.33. The zero-order valence-corrected chi connectivity index (χ0v) is 9.84. The first kappa shape index (κ1) is 12.5. The van der Waals surface area contributed by atoms with E-state index in [0.717, 1.165) is 6.07 Å². The van der Waals surface area contributed by atoms with Crippen LogP contribution in [0.25, 0.3) is 0 Å². The number of ketones is 1. The maximum atomic E-state index is 13.5. The summed E-state index contributed by atoms with van der Waals surface area (Å²) in [6.07, 6.45) is 0. The predicted octanol–water partition coefficient (Wildman–Crippen LogP) is 3.43. The lowest BCUT2D eigenvalue weighted by Gasteiger charge is -2.05. The van der Waals surface area contributed by atoms with Crippen LogP contribution in [0.3, 0.4) is 0 Å². The molecule has 0 fully saturated rings. The van der Waals surface area contributed by atoms with Gasteiger partial charge < -0.3 is 5.73 Å². The molecule has 0 aliphatic heterocycles. The molecule has 18 heavy (non-hydrogen) atoms. The van der Waals surface area contributed by atoms with Gasteiger partial charge in [0.05, 0.1) is 16.3 Å². The lowest BCUT2D eigenvalue weighted by Crippen LogP contribution is -2.06. The van der Waals surface area contributed by atoms with Crippen LogP contribution in [0.2, 0.25) is 5.02 Å². The molecule has 0 amide bonds. The highest BCUT2D eigenvalue weighted by atomic mass is 35.5. The van der Waals surface area contributed by atoms with Gasteiger partial charge in [0, 0.05) is 5.56 Å². The Kier molecular flexibility index (Phi) is 3.30. The van der Waals surface area contributed by atoms with Crippen molar-refractivity contribution in [1.82, 2.24) is 0 Å². The molecule has 2 aromatic rings. The van der Waals surface area contributed by atoms with Crippen molar-refractivity contribution in [2.45, 2.75) is 0 Å². The minimum atomic E-state index is -1.17. The first-order valence-corrected chi connectivity index (χ1v) is 5.42. The second-order valence-electron chi connectivity index (χ2n) is 3.67. The van der Waals surface area contributed by atoms with E-state index in [1.54, 1.807) is 0 Å². The van der Waals surface area contributed by atoms with Crippen molar-refractivity contribution in [1.29, 1.82) is 0 Å². The van der Waals surface area contributed by atoms with Crippen molar-refractivity contribution in [3.8, 4) is 0 Å². The van der Waals surface area contributed by atoms with E-state index in [0.29, 0.717) is 5.02 Å². The molecule has 92 valence electrons. The minimum Gasteiger partial charge on any atom is -0.398 e. The zero-order valence-electron chi connectivity index (χ0n) is 9.08. The van der Waals surface area contributed by atoms with E-state index in [1.807, 2.05) is 0 Å². The molecule has 0 aliphatic carbocycles. The number of carbonyl (C=O) groups is 1. The van der Waals surface area contributed by atoms with E-state index >= 15 is 0 Å². The summed E-state index contributed by atoms with van der Waals surface area (Å²) < 4.78 is 26.5. The van der Waals surface area contributed by atoms with Crippen molar-refractivity contribution in [3.63, 3.8) is 0 Å². The fourth-order valence-corrected chi connectivity index (χ4v) is 1.64. The fraction of sp³-hybridized carbons (Fsp3) is 0. The average Bonchev–Trinajstić information content (AvgIpc) is 2.35. The summed E-state index contributed by atoms with van der Waals surface area (Å²) in [4.78, 5) is 12.0. The van der Waals surface area contributed by atoms with Gasteiger partial charge in [-0.3, -0.25) is 4.79 Å². The topological polar surface area (TPSA) is 43.1 Å². The van der Waals surface area contributed by atoms with Gasteiger partial charge >= 0.3 is 0 Å². The highest BCUT2D eigenvalue weighted by Gasteiger charge is 2.17. The van der Waals surface area contributed by atoms with E-state index in [4.69, 9.17) is 17.3 Å². The summed E-state index contributed by atoms with van der Waals surface area (Å²) in [5.74, 6) is -2.88. The van der Waals surface area contributed by atoms with E-state index in [-0.39, 0.29) is 16.8 Å². The molecule has 0 heterocycles. The molecule has 2 rings (SSSR count). The number of benzene rings is 2. The number of hydrogen-bond donors (Lipinski definition) is 1. The summed E-state index contributed by atoms with van der Waals surface area (Å²) in [6.45, 7) is 0. The average molecular weight is 268 g/mol. The largest absolute Gasteiger partial charge is 0.398 e. The summed E-state index contributed by atoms with van der Waals surface area (Å²) in [5, 5.41) is 0.297. The molecule has 0 saturated carbocycles. The standard InChI is InChI=1S/C13H8ClF2NO/c14-9-5-4-7(6-11(9)17)13(18)8-2-1-3-10(15)12(8)16/h1-6H,17H2. The number of hydrogen-bond acceptors (Lipinski definition) is 2. The molecule has 0 bridgehead atoms. The quantitative estimate of drug-likeness (QED) is 0.669. The molecule has 2 nitrogen and oxygen atoms in total. The fourth-order valence-electron chi connectivity index (χ4n) is 1.52. The second-order valence-corrected chi connectivity index (χ2v) is 4.07. The molecule has 2 N–H and O–H groups in total. The van der Waals surface area contributed by atoms with E-state index in [9.17, 15) is 13.6 Å².